The Kier molecular flexibility index (Phi) is 8.17. The van der Waals surface area contributed by atoms with Gasteiger partial charge in [-0.1, -0.05) is 0 Å². The van der Waals surface area contributed by atoms with E-state index in [0.717, 1.165) is 37.8 Å². The molecule has 15 heteroatoms. The van der Waals surface area contributed by atoms with Crippen LogP contribution in [0.3, 0.4) is 0 Å². The van der Waals surface area contributed by atoms with Gasteiger partial charge in [-0.05, 0) is 85.4 Å². The number of fused-ring (bicyclic) bond motifs is 2. The van der Waals surface area contributed by atoms with Crippen LogP contribution in [0.2, 0.25) is 0 Å². The monoisotopic (exact) mass is 654 g/mol. The molecule has 1 aliphatic rings. The zero-order valence-electron chi connectivity index (χ0n) is 25.3. The van der Waals surface area contributed by atoms with E-state index in [9.17, 15) is 17.6 Å². The fourth-order valence-corrected chi connectivity index (χ4v) is 6.25. The summed E-state index contributed by atoms with van der Waals surface area (Å²) < 4.78 is 40.2. The van der Waals surface area contributed by atoms with Crippen LogP contribution in [-0.2, 0) is 21.4 Å². The number of sulfonamides is 1. The van der Waals surface area contributed by atoms with Gasteiger partial charge in [-0.15, -0.1) is 0 Å². The molecule has 1 fully saturated rings. The number of imidazole rings is 1. The molecule has 1 aromatic carbocycles. The third-order valence-electron chi connectivity index (χ3n) is 8.08. The van der Waals surface area contributed by atoms with Crippen molar-refractivity contribution in [3.05, 3.63) is 72.4 Å². The first kappa shape index (κ1) is 30.5. The third-order valence-corrected chi connectivity index (χ3v) is 8.75. The van der Waals surface area contributed by atoms with Gasteiger partial charge in [0.15, 0.2) is 17.2 Å². The predicted molar refractivity (Wildman–Crippen MR) is 176 cm³/mol. The topological polar surface area (TPSA) is 183 Å². The first-order chi connectivity index (χ1) is 22.7. The molecule has 5 N–H and O–H groups in total. The lowest BCUT2D eigenvalue weighted by atomic mass is 9.94. The number of aromatic nitrogens is 7. The van der Waals surface area contributed by atoms with Crippen molar-refractivity contribution in [3.8, 4) is 33.9 Å². The molecule has 0 radical (unpaired) electrons. The van der Waals surface area contributed by atoms with Gasteiger partial charge >= 0.3 is 0 Å². The largest absolute Gasteiger partial charge is 0.335 e. The molecule has 0 bridgehead atoms. The average Bonchev–Trinajstić information content (AvgIpc) is 3.68. The Morgan fingerprint density at radius 2 is 1.89 bits per heavy atom. The molecule has 7 rings (SSSR count). The molecule has 1 amide bonds. The maximum absolute atomic E-state index is 14.6. The van der Waals surface area contributed by atoms with Crippen LogP contribution in [-0.4, -0.2) is 68.8 Å². The van der Waals surface area contributed by atoms with Crippen molar-refractivity contribution in [1.29, 1.82) is 0 Å². The molecule has 6 heterocycles. The Hall–Kier alpha value is -5.12. The highest BCUT2D eigenvalue weighted by molar-refractivity contribution is 7.88. The van der Waals surface area contributed by atoms with E-state index in [1.54, 1.807) is 30.7 Å². The van der Waals surface area contributed by atoms with Crippen molar-refractivity contribution in [3.63, 3.8) is 0 Å². The number of nitrogens with zero attached hydrogens (tertiary/aromatic N) is 5. The van der Waals surface area contributed by atoms with Gasteiger partial charge in [-0.25, -0.2) is 32.5 Å². The maximum atomic E-state index is 14.6. The number of pyridine rings is 3. The van der Waals surface area contributed by atoms with Gasteiger partial charge in [-0.2, -0.15) is 5.10 Å². The number of rotatable bonds is 9. The zero-order chi connectivity index (χ0) is 32.5. The van der Waals surface area contributed by atoms with E-state index in [0.29, 0.717) is 74.1 Å². The summed E-state index contributed by atoms with van der Waals surface area (Å²) in [7, 11) is -3.46. The van der Waals surface area contributed by atoms with Gasteiger partial charge in [0.2, 0.25) is 15.9 Å². The molecule has 6 aromatic rings. The predicted octanol–water partition coefficient (Wildman–Crippen LogP) is 4.14. The molecular weight excluding hydrogens is 623 g/mol. The molecule has 47 heavy (non-hydrogen) atoms. The lowest BCUT2D eigenvalue weighted by Gasteiger charge is -2.21. The molecule has 0 spiro atoms. The fraction of sp³-hybridized carbons (Fsp3) is 0.250. The first-order valence-electron chi connectivity index (χ1n) is 15.1. The normalized spacial score (nSPS) is 14.2. The molecule has 1 aliphatic heterocycles. The van der Waals surface area contributed by atoms with Crippen molar-refractivity contribution in [2.75, 3.05) is 24.7 Å². The average molecular weight is 655 g/mol. The molecule has 240 valence electrons. The Bertz CT molecular complexity index is 2230. The minimum absolute atomic E-state index is 0.0331. The minimum atomic E-state index is -3.46. The second-order valence-corrected chi connectivity index (χ2v) is 13.5. The van der Waals surface area contributed by atoms with E-state index in [4.69, 9.17) is 4.98 Å². The van der Waals surface area contributed by atoms with Crippen LogP contribution in [0, 0.1) is 11.7 Å². The van der Waals surface area contributed by atoms with Gasteiger partial charge in [0.05, 0.1) is 34.9 Å². The smallest absolute Gasteiger partial charge is 0.224 e. The molecule has 5 aromatic heterocycles. The quantitative estimate of drug-likeness (QED) is 0.153. The first-order valence-corrected chi connectivity index (χ1v) is 17.0. The van der Waals surface area contributed by atoms with Crippen LogP contribution < -0.4 is 15.4 Å². The Morgan fingerprint density at radius 3 is 2.72 bits per heavy atom. The summed E-state index contributed by atoms with van der Waals surface area (Å²) in [6.45, 7) is 1.82. The number of carbonyl (C=O) groups is 1. The van der Waals surface area contributed by atoms with E-state index in [2.05, 4.69) is 45.5 Å². The third kappa shape index (κ3) is 6.86. The molecule has 0 saturated carbocycles. The lowest BCUT2D eigenvalue weighted by molar-refractivity contribution is -0.117. The summed E-state index contributed by atoms with van der Waals surface area (Å²) in [5, 5.41) is 13.8. The zero-order valence-corrected chi connectivity index (χ0v) is 26.2. The van der Waals surface area contributed by atoms with Crippen molar-refractivity contribution >= 4 is 43.8 Å². The number of hydrogen-bond acceptors (Lipinski definition) is 9. The molecular formula is C32H31FN10O3S. The van der Waals surface area contributed by atoms with E-state index >= 15 is 0 Å². The number of carbonyl (C=O) groups excluding carboxylic acids is 1. The van der Waals surface area contributed by atoms with E-state index in [-0.39, 0.29) is 12.5 Å². The standard InChI is InChI=1S/C32H31FN10O3S/c1-47(45,46)37-15-19-10-20(13-22(33)11-19)24-6-9-36-31-28(24)40-32(41-31)30-29-26(42-43-30)3-2-25(39-29)21-14-23(17-35-16-21)38-27(44)12-18-4-7-34-8-5-18/h2-3,6,9-11,13-14,16-18,34,37H,4-5,7-8,12,15H2,1H3,(H,38,44)(H,42,43)(H,36,40,41). The molecule has 0 aliphatic carbocycles. The number of piperidine rings is 1. The Balaban J connectivity index is 1.18. The second kappa shape index (κ2) is 12.6. The van der Waals surface area contributed by atoms with Crippen molar-refractivity contribution in [2.24, 2.45) is 5.92 Å². The molecule has 13 nitrogen and oxygen atoms in total. The number of benzene rings is 1. The van der Waals surface area contributed by atoms with Crippen LogP contribution in [0.25, 0.3) is 56.1 Å². The maximum Gasteiger partial charge on any atom is 0.224 e. The highest BCUT2D eigenvalue weighted by Gasteiger charge is 2.19. The summed E-state index contributed by atoms with van der Waals surface area (Å²) in [6, 6.07) is 11.7. The van der Waals surface area contributed by atoms with Gasteiger partial charge < -0.3 is 15.6 Å². The Morgan fingerprint density at radius 1 is 1.04 bits per heavy atom. The summed E-state index contributed by atoms with van der Waals surface area (Å²) in [4.78, 5) is 34.3. The summed E-state index contributed by atoms with van der Waals surface area (Å²) in [6.07, 6.45) is 8.38. The van der Waals surface area contributed by atoms with Gasteiger partial charge in [0.25, 0.3) is 0 Å². The number of aromatic amines is 2. The van der Waals surface area contributed by atoms with Crippen LogP contribution in [0.15, 0.2) is 61.1 Å². The van der Waals surface area contributed by atoms with E-state index in [1.807, 2.05) is 18.2 Å². The molecule has 0 unspecified atom stereocenters. The van der Waals surface area contributed by atoms with Gasteiger partial charge in [0.1, 0.15) is 11.3 Å². The highest BCUT2D eigenvalue weighted by atomic mass is 32.2. The number of hydrogen-bond donors (Lipinski definition) is 5. The minimum Gasteiger partial charge on any atom is -0.335 e. The summed E-state index contributed by atoms with van der Waals surface area (Å²) >= 11 is 0. The number of amides is 1. The highest BCUT2D eigenvalue weighted by Crippen LogP contribution is 2.32. The second-order valence-electron chi connectivity index (χ2n) is 11.7. The number of nitrogens with one attached hydrogen (secondary N) is 5. The SMILES string of the molecule is CS(=O)(=O)NCc1cc(F)cc(-c2ccnc3nc(-c4n[nH]c5ccc(-c6cncc(NC(=O)CC7CCNCC7)c6)nc45)[nH]c23)c1. The summed E-state index contributed by atoms with van der Waals surface area (Å²) in [5.74, 6) is 0.237. The molecule has 1 saturated heterocycles. The fourth-order valence-electron chi connectivity index (χ4n) is 5.82. The van der Waals surface area contributed by atoms with Crippen LogP contribution in [0.1, 0.15) is 24.8 Å². The van der Waals surface area contributed by atoms with Crippen LogP contribution in [0.4, 0.5) is 10.1 Å². The van der Waals surface area contributed by atoms with Crippen LogP contribution >= 0.6 is 0 Å². The summed E-state index contributed by atoms with van der Waals surface area (Å²) in [5.41, 5.74) is 6.22. The van der Waals surface area contributed by atoms with E-state index in [1.165, 1.54) is 12.1 Å². The Labute approximate surface area is 268 Å². The van der Waals surface area contributed by atoms with Gasteiger partial charge in [-0.3, -0.25) is 14.9 Å². The number of H-pyrrole nitrogens is 2. The van der Waals surface area contributed by atoms with Gasteiger partial charge in [0, 0.05) is 36.5 Å². The van der Waals surface area contributed by atoms with Crippen molar-refractivity contribution in [1.82, 2.24) is 45.2 Å². The number of anilines is 1. The van der Waals surface area contributed by atoms with Crippen molar-refractivity contribution in [2.45, 2.75) is 25.8 Å². The number of halogens is 1. The van der Waals surface area contributed by atoms with E-state index < -0.39 is 15.8 Å². The van der Waals surface area contributed by atoms with Crippen molar-refractivity contribution < 1.29 is 17.6 Å². The lowest BCUT2D eigenvalue weighted by Crippen LogP contribution is -2.30. The van der Waals surface area contributed by atoms with Crippen LogP contribution in [0.5, 0.6) is 0 Å². The molecule has 0 atom stereocenters.